The summed E-state index contributed by atoms with van der Waals surface area (Å²) < 4.78 is 1.85. The van der Waals surface area contributed by atoms with Crippen molar-refractivity contribution in [2.45, 2.75) is 27.3 Å². The molecule has 2 aromatic rings. The highest BCUT2D eigenvalue weighted by molar-refractivity contribution is 6.31. The molecule has 0 radical (unpaired) electrons. The largest absolute Gasteiger partial charge is 0.263 e. The van der Waals surface area contributed by atoms with Crippen LogP contribution in [0.1, 0.15) is 18.3 Å². The van der Waals surface area contributed by atoms with Gasteiger partial charge < -0.3 is 0 Å². The fourth-order valence-electron chi connectivity index (χ4n) is 1.52. The van der Waals surface area contributed by atoms with Gasteiger partial charge in [0.1, 0.15) is 5.69 Å². The molecule has 0 aromatic carbocycles. The molecule has 0 saturated heterocycles. The van der Waals surface area contributed by atoms with E-state index in [1.54, 1.807) is 6.20 Å². The number of hydrogen-bond acceptors (Lipinski definition) is 3. The average Bonchev–Trinajstić information content (AvgIpc) is 2.71. The van der Waals surface area contributed by atoms with Gasteiger partial charge >= 0.3 is 0 Å². The Morgan fingerprint density at radius 2 is 1.94 bits per heavy atom. The van der Waals surface area contributed by atoms with Gasteiger partial charge in [-0.2, -0.15) is 5.10 Å². The number of rotatable bonds is 2. The summed E-state index contributed by atoms with van der Waals surface area (Å²) >= 11 is 6.11. The quantitative estimate of drug-likeness (QED) is 0.805. The van der Waals surface area contributed by atoms with Crippen LogP contribution >= 0.6 is 11.6 Å². The van der Waals surface area contributed by atoms with Crippen LogP contribution in [0.15, 0.2) is 12.3 Å². The Labute approximate surface area is 99.3 Å². The Hall–Kier alpha value is -1.42. The minimum Gasteiger partial charge on any atom is -0.263 e. The van der Waals surface area contributed by atoms with Gasteiger partial charge in [0, 0.05) is 12.7 Å². The van der Waals surface area contributed by atoms with E-state index in [1.807, 2.05) is 31.5 Å². The summed E-state index contributed by atoms with van der Waals surface area (Å²) in [6, 6.07) is 1.90. The SMILES string of the molecule is CCn1nccc1-c1nc(C)c(C)nc1Cl. The van der Waals surface area contributed by atoms with Gasteiger partial charge in [-0.25, -0.2) is 9.97 Å². The fraction of sp³-hybridized carbons (Fsp3) is 0.364. The third-order valence-corrected chi connectivity index (χ3v) is 2.79. The second kappa shape index (κ2) is 4.22. The summed E-state index contributed by atoms with van der Waals surface area (Å²) in [4.78, 5) is 8.73. The van der Waals surface area contributed by atoms with Gasteiger partial charge in [-0.3, -0.25) is 4.68 Å². The number of hydrogen-bond donors (Lipinski definition) is 0. The highest BCUT2D eigenvalue weighted by Gasteiger charge is 2.12. The molecule has 0 spiro atoms. The monoisotopic (exact) mass is 236 g/mol. The zero-order valence-electron chi connectivity index (χ0n) is 9.53. The van der Waals surface area contributed by atoms with E-state index >= 15 is 0 Å². The molecule has 0 atom stereocenters. The van der Waals surface area contributed by atoms with Crippen molar-refractivity contribution in [3.05, 3.63) is 28.8 Å². The van der Waals surface area contributed by atoms with Crippen LogP contribution in [0.2, 0.25) is 5.15 Å². The van der Waals surface area contributed by atoms with E-state index in [2.05, 4.69) is 15.1 Å². The molecule has 0 amide bonds. The normalized spacial score (nSPS) is 10.8. The first-order chi connectivity index (χ1) is 7.63. The first kappa shape index (κ1) is 11.1. The molecule has 0 aliphatic heterocycles. The second-order valence-corrected chi connectivity index (χ2v) is 3.92. The van der Waals surface area contributed by atoms with E-state index in [0.717, 1.165) is 23.6 Å². The van der Waals surface area contributed by atoms with Gasteiger partial charge in [-0.1, -0.05) is 11.6 Å². The van der Waals surface area contributed by atoms with Gasteiger partial charge in [0.15, 0.2) is 5.15 Å². The van der Waals surface area contributed by atoms with E-state index in [0.29, 0.717) is 10.8 Å². The Kier molecular flexibility index (Phi) is 2.92. The lowest BCUT2D eigenvalue weighted by Gasteiger charge is -2.07. The lowest BCUT2D eigenvalue weighted by molar-refractivity contribution is 0.665. The van der Waals surface area contributed by atoms with Crippen molar-refractivity contribution in [3.8, 4) is 11.4 Å². The Morgan fingerprint density at radius 3 is 2.62 bits per heavy atom. The lowest BCUT2D eigenvalue weighted by atomic mass is 10.3. The molecular formula is C11H13ClN4. The van der Waals surface area contributed by atoms with Crippen molar-refractivity contribution in [2.24, 2.45) is 0 Å². The maximum Gasteiger partial charge on any atom is 0.157 e. The number of halogens is 1. The topological polar surface area (TPSA) is 43.6 Å². The second-order valence-electron chi connectivity index (χ2n) is 3.57. The summed E-state index contributed by atoms with van der Waals surface area (Å²) in [6.45, 7) is 6.63. The molecule has 4 nitrogen and oxygen atoms in total. The average molecular weight is 237 g/mol. The summed E-state index contributed by atoms with van der Waals surface area (Å²) in [5.41, 5.74) is 3.35. The highest BCUT2D eigenvalue weighted by atomic mass is 35.5. The molecule has 0 N–H and O–H groups in total. The first-order valence-electron chi connectivity index (χ1n) is 5.16. The van der Waals surface area contributed by atoms with Crippen molar-refractivity contribution < 1.29 is 0 Å². The fourth-order valence-corrected chi connectivity index (χ4v) is 1.79. The van der Waals surface area contributed by atoms with Crippen LogP contribution in [0.4, 0.5) is 0 Å². The Balaban J connectivity index is 2.60. The Morgan fingerprint density at radius 1 is 1.25 bits per heavy atom. The number of aromatic nitrogens is 4. The van der Waals surface area contributed by atoms with Crippen LogP contribution in [0.3, 0.4) is 0 Å². The van der Waals surface area contributed by atoms with Crippen LogP contribution in [-0.4, -0.2) is 19.7 Å². The molecule has 0 fully saturated rings. The number of aryl methyl sites for hydroxylation is 3. The van der Waals surface area contributed by atoms with Crippen LogP contribution in [0.5, 0.6) is 0 Å². The van der Waals surface area contributed by atoms with E-state index in [1.165, 1.54) is 0 Å². The summed E-state index contributed by atoms with van der Waals surface area (Å²) in [6.07, 6.45) is 1.74. The van der Waals surface area contributed by atoms with Gasteiger partial charge in [0.05, 0.1) is 17.1 Å². The molecule has 84 valence electrons. The minimum absolute atomic E-state index is 0.429. The molecule has 0 aliphatic carbocycles. The van der Waals surface area contributed by atoms with Crippen LogP contribution < -0.4 is 0 Å². The zero-order chi connectivity index (χ0) is 11.7. The molecule has 2 rings (SSSR count). The molecule has 0 bridgehead atoms. The van der Waals surface area contributed by atoms with Crippen LogP contribution in [0, 0.1) is 13.8 Å². The third-order valence-electron chi connectivity index (χ3n) is 2.52. The van der Waals surface area contributed by atoms with Gasteiger partial charge in [-0.05, 0) is 26.8 Å². The summed E-state index contributed by atoms with van der Waals surface area (Å²) in [7, 11) is 0. The van der Waals surface area contributed by atoms with E-state index in [4.69, 9.17) is 11.6 Å². The molecule has 0 saturated carbocycles. The van der Waals surface area contributed by atoms with Crippen molar-refractivity contribution in [1.29, 1.82) is 0 Å². The van der Waals surface area contributed by atoms with Crippen molar-refractivity contribution in [3.63, 3.8) is 0 Å². The maximum absolute atomic E-state index is 6.11. The Bertz CT molecular complexity index is 519. The molecule has 0 unspecified atom stereocenters. The van der Waals surface area contributed by atoms with Crippen LogP contribution in [-0.2, 0) is 6.54 Å². The van der Waals surface area contributed by atoms with Crippen molar-refractivity contribution in [2.75, 3.05) is 0 Å². The van der Waals surface area contributed by atoms with E-state index in [9.17, 15) is 0 Å². The standard InChI is InChI=1S/C11H13ClN4/c1-4-16-9(5-6-13-16)10-11(12)15-8(3)7(2)14-10/h5-6H,4H2,1-3H3. The smallest absolute Gasteiger partial charge is 0.157 e. The van der Waals surface area contributed by atoms with Gasteiger partial charge in [0.2, 0.25) is 0 Å². The lowest BCUT2D eigenvalue weighted by Crippen LogP contribution is -2.03. The first-order valence-corrected chi connectivity index (χ1v) is 5.54. The molecule has 0 aliphatic rings. The van der Waals surface area contributed by atoms with Crippen molar-refractivity contribution >= 4 is 11.6 Å². The molecule has 16 heavy (non-hydrogen) atoms. The highest BCUT2D eigenvalue weighted by Crippen LogP contribution is 2.24. The van der Waals surface area contributed by atoms with Gasteiger partial charge in [-0.15, -0.1) is 0 Å². The zero-order valence-corrected chi connectivity index (χ0v) is 10.3. The number of nitrogens with zero attached hydrogens (tertiary/aromatic N) is 4. The van der Waals surface area contributed by atoms with E-state index < -0.39 is 0 Å². The minimum atomic E-state index is 0.429. The van der Waals surface area contributed by atoms with Gasteiger partial charge in [0.25, 0.3) is 0 Å². The van der Waals surface area contributed by atoms with Crippen molar-refractivity contribution in [1.82, 2.24) is 19.7 Å². The third kappa shape index (κ3) is 1.80. The molecule has 2 heterocycles. The predicted molar refractivity (Wildman–Crippen MR) is 63.4 cm³/mol. The molecule has 5 heteroatoms. The van der Waals surface area contributed by atoms with Crippen LogP contribution in [0.25, 0.3) is 11.4 Å². The summed E-state index contributed by atoms with van der Waals surface area (Å²) in [5.74, 6) is 0. The predicted octanol–water partition coefficient (Wildman–Crippen LogP) is 2.63. The van der Waals surface area contributed by atoms with E-state index in [-0.39, 0.29) is 0 Å². The molecular weight excluding hydrogens is 224 g/mol. The summed E-state index contributed by atoms with van der Waals surface area (Å²) in [5, 5.41) is 4.62. The maximum atomic E-state index is 6.11. The molecule has 2 aromatic heterocycles.